The quantitative estimate of drug-likeness (QED) is 0.633. The van der Waals surface area contributed by atoms with Crippen LogP contribution in [0, 0.1) is 5.82 Å². The van der Waals surface area contributed by atoms with Crippen LogP contribution in [-0.2, 0) is 6.42 Å². The van der Waals surface area contributed by atoms with Gasteiger partial charge in [0.25, 0.3) is 5.56 Å². The van der Waals surface area contributed by atoms with Crippen LogP contribution < -0.4 is 5.56 Å². The Morgan fingerprint density at radius 3 is 2.86 bits per heavy atom. The molecule has 3 aromatic rings. The van der Waals surface area contributed by atoms with Gasteiger partial charge in [-0.25, -0.2) is 9.37 Å². The maximum absolute atomic E-state index is 14.0. The number of halogens is 1. The summed E-state index contributed by atoms with van der Waals surface area (Å²) in [6, 6.07) is 12.1. The standard InChI is InChI=1S/C17H13FN2O/c1-10-9-13-11(6-4-7-14(13)18)16-19-15-8-3-2-5-12(15)17(21)20(10)16/h2-8,10H,9H2,1H3. The average Bonchev–Trinajstić information content (AvgIpc) is 2.48. The van der Waals surface area contributed by atoms with Crippen LogP contribution in [0.1, 0.15) is 18.5 Å². The monoisotopic (exact) mass is 280 g/mol. The molecule has 3 nitrogen and oxygen atoms in total. The first-order chi connectivity index (χ1) is 10.2. The van der Waals surface area contributed by atoms with Crippen LogP contribution in [0.5, 0.6) is 0 Å². The highest BCUT2D eigenvalue weighted by Gasteiger charge is 2.26. The molecule has 104 valence electrons. The van der Waals surface area contributed by atoms with Crippen molar-refractivity contribution in [2.75, 3.05) is 0 Å². The second kappa shape index (κ2) is 4.25. The van der Waals surface area contributed by atoms with Gasteiger partial charge in [0.1, 0.15) is 11.6 Å². The van der Waals surface area contributed by atoms with Gasteiger partial charge in [-0.1, -0.05) is 24.3 Å². The number of hydrogen-bond donors (Lipinski definition) is 0. The van der Waals surface area contributed by atoms with E-state index in [0.29, 0.717) is 28.7 Å². The molecule has 0 radical (unpaired) electrons. The van der Waals surface area contributed by atoms with Crippen molar-refractivity contribution in [3.63, 3.8) is 0 Å². The summed E-state index contributed by atoms with van der Waals surface area (Å²) in [6.45, 7) is 1.93. The van der Waals surface area contributed by atoms with E-state index in [4.69, 9.17) is 0 Å². The molecule has 0 aliphatic carbocycles. The minimum atomic E-state index is -0.229. The van der Waals surface area contributed by atoms with Crippen LogP contribution in [0.2, 0.25) is 0 Å². The van der Waals surface area contributed by atoms with Crippen LogP contribution in [-0.4, -0.2) is 9.55 Å². The van der Waals surface area contributed by atoms with E-state index < -0.39 is 0 Å². The van der Waals surface area contributed by atoms with Crippen LogP contribution in [0.25, 0.3) is 22.3 Å². The lowest BCUT2D eigenvalue weighted by molar-refractivity contribution is 0.496. The van der Waals surface area contributed by atoms with Crippen molar-refractivity contribution in [3.8, 4) is 11.4 Å². The molecule has 4 rings (SSSR count). The second-order valence-corrected chi connectivity index (χ2v) is 5.45. The predicted molar refractivity (Wildman–Crippen MR) is 79.8 cm³/mol. The van der Waals surface area contributed by atoms with Gasteiger partial charge in [-0.3, -0.25) is 9.36 Å². The fourth-order valence-corrected chi connectivity index (χ4v) is 3.11. The van der Waals surface area contributed by atoms with Gasteiger partial charge in [0, 0.05) is 17.2 Å². The molecule has 0 spiro atoms. The highest BCUT2D eigenvalue weighted by molar-refractivity contribution is 5.80. The van der Waals surface area contributed by atoms with Crippen molar-refractivity contribution in [2.45, 2.75) is 19.4 Å². The van der Waals surface area contributed by atoms with Crippen LogP contribution in [0.3, 0.4) is 0 Å². The Kier molecular flexibility index (Phi) is 2.48. The number of aromatic nitrogens is 2. The summed E-state index contributed by atoms with van der Waals surface area (Å²) in [5, 5.41) is 0.605. The van der Waals surface area contributed by atoms with E-state index in [1.54, 1.807) is 16.7 Å². The lowest BCUT2D eigenvalue weighted by Gasteiger charge is -2.27. The van der Waals surface area contributed by atoms with Crippen LogP contribution in [0.15, 0.2) is 47.3 Å². The molecule has 0 saturated heterocycles. The molecule has 1 unspecified atom stereocenters. The fourth-order valence-electron chi connectivity index (χ4n) is 3.11. The predicted octanol–water partition coefficient (Wildman–Crippen LogP) is 3.32. The lowest BCUT2D eigenvalue weighted by atomic mass is 9.95. The smallest absolute Gasteiger partial charge is 0.261 e. The van der Waals surface area contributed by atoms with E-state index in [2.05, 4.69) is 4.98 Å². The second-order valence-electron chi connectivity index (χ2n) is 5.45. The summed E-state index contributed by atoms with van der Waals surface area (Å²) in [4.78, 5) is 17.3. The van der Waals surface area contributed by atoms with E-state index in [-0.39, 0.29) is 17.4 Å². The van der Waals surface area contributed by atoms with Gasteiger partial charge < -0.3 is 0 Å². The largest absolute Gasteiger partial charge is 0.289 e. The zero-order chi connectivity index (χ0) is 14.6. The maximum atomic E-state index is 14.0. The van der Waals surface area contributed by atoms with Gasteiger partial charge in [0.05, 0.1) is 10.9 Å². The van der Waals surface area contributed by atoms with Crippen molar-refractivity contribution in [1.82, 2.24) is 9.55 Å². The van der Waals surface area contributed by atoms with Gasteiger partial charge in [0.15, 0.2) is 0 Å². The third-order valence-corrected chi connectivity index (χ3v) is 4.11. The summed E-state index contributed by atoms with van der Waals surface area (Å²) in [5.74, 6) is 0.333. The molecule has 21 heavy (non-hydrogen) atoms. The van der Waals surface area contributed by atoms with Crippen molar-refractivity contribution >= 4 is 10.9 Å². The number of fused-ring (bicyclic) bond motifs is 4. The van der Waals surface area contributed by atoms with E-state index in [0.717, 1.165) is 5.56 Å². The fraction of sp³-hybridized carbons (Fsp3) is 0.176. The first-order valence-electron chi connectivity index (χ1n) is 6.96. The Morgan fingerprint density at radius 2 is 2.00 bits per heavy atom. The van der Waals surface area contributed by atoms with Crippen molar-refractivity contribution < 1.29 is 4.39 Å². The maximum Gasteiger partial charge on any atom is 0.261 e. The number of benzene rings is 2. The van der Waals surface area contributed by atoms with Crippen molar-refractivity contribution in [3.05, 3.63) is 64.2 Å². The van der Waals surface area contributed by atoms with Gasteiger partial charge in [-0.15, -0.1) is 0 Å². The van der Waals surface area contributed by atoms with Gasteiger partial charge in [-0.05, 0) is 31.5 Å². The molecule has 1 aliphatic heterocycles. The molecule has 2 heterocycles. The first-order valence-corrected chi connectivity index (χ1v) is 6.96. The number of rotatable bonds is 0. The SMILES string of the molecule is CC1Cc2c(F)cccc2-c2nc3ccccc3c(=O)n21. The molecule has 4 heteroatoms. The lowest BCUT2D eigenvalue weighted by Crippen LogP contribution is -2.30. The zero-order valence-electron chi connectivity index (χ0n) is 11.5. The third-order valence-electron chi connectivity index (χ3n) is 4.11. The summed E-state index contributed by atoms with van der Waals surface area (Å²) in [7, 11) is 0. The van der Waals surface area contributed by atoms with E-state index in [9.17, 15) is 9.18 Å². The highest BCUT2D eigenvalue weighted by atomic mass is 19.1. The molecule has 0 amide bonds. The van der Waals surface area contributed by atoms with Gasteiger partial charge >= 0.3 is 0 Å². The van der Waals surface area contributed by atoms with E-state index in [1.807, 2.05) is 31.2 Å². The number of hydrogen-bond acceptors (Lipinski definition) is 2. The van der Waals surface area contributed by atoms with Gasteiger partial charge in [0.2, 0.25) is 0 Å². The van der Waals surface area contributed by atoms with Crippen LogP contribution in [0.4, 0.5) is 4.39 Å². The Morgan fingerprint density at radius 1 is 1.19 bits per heavy atom. The van der Waals surface area contributed by atoms with Gasteiger partial charge in [-0.2, -0.15) is 0 Å². The molecular weight excluding hydrogens is 267 g/mol. The van der Waals surface area contributed by atoms with Crippen LogP contribution >= 0.6 is 0 Å². The molecule has 0 bridgehead atoms. The Hall–Kier alpha value is -2.49. The van der Waals surface area contributed by atoms with Crippen molar-refractivity contribution in [1.29, 1.82) is 0 Å². The number of nitrogens with zero attached hydrogens (tertiary/aromatic N) is 2. The number of para-hydroxylation sites is 1. The summed E-state index contributed by atoms with van der Waals surface area (Å²) in [5.41, 5.74) is 1.96. The summed E-state index contributed by atoms with van der Waals surface area (Å²) in [6.07, 6.45) is 0.509. The molecule has 0 N–H and O–H groups in total. The molecule has 2 aromatic carbocycles. The van der Waals surface area contributed by atoms with Crippen molar-refractivity contribution in [2.24, 2.45) is 0 Å². The summed E-state index contributed by atoms with van der Waals surface area (Å²) < 4.78 is 15.7. The minimum Gasteiger partial charge on any atom is -0.289 e. The minimum absolute atomic E-state index is 0.0574. The Labute approximate surface area is 120 Å². The molecule has 0 fully saturated rings. The molecule has 1 atom stereocenters. The third kappa shape index (κ3) is 1.65. The zero-order valence-corrected chi connectivity index (χ0v) is 11.5. The topological polar surface area (TPSA) is 34.9 Å². The summed E-state index contributed by atoms with van der Waals surface area (Å²) >= 11 is 0. The first kappa shape index (κ1) is 12.3. The molecule has 1 aromatic heterocycles. The highest BCUT2D eigenvalue weighted by Crippen LogP contribution is 2.33. The van der Waals surface area contributed by atoms with E-state index in [1.165, 1.54) is 6.07 Å². The Bertz CT molecular complexity index is 930. The molecular formula is C17H13FN2O. The normalized spacial score (nSPS) is 16.6. The van der Waals surface area contributed by atoms with E-state index >= 15 is 0 Å². The average molecular weight is 280 g/mol. The Balaban J connectivity index is 2.17. The molecule has 0 saturated carbocycles. The molecule has 1 aliphatic rings.